The standard InChI is InChI=1S/C14H21N3O4/c1-3-20-14(19)11-6-9(8-17(11)2)16-13(18)12-5-4-10(7-15)21-12/h6,8,10,12H,3-5,7,15H2,1-2H3,(H,16,18)/t10-,12+/m1/s1. The molecule has 1 aliphatic rings. The van der Waals surface area contributed by atoms with Crippen LogP contribution in [0.25, 0.3) is 0 Å². The number of nitrogens with one attached hydrogen (secondary N) is 1. The maximum Gasteiger partial charge on any atom is 0.355 e. The van der Waals surface area contributed by atoms with Crippen LogP contribution in [-0.2, 0) is 21.3 Å². The molecular weight excluding hydrogens is 274 g/mol. The van der Waals surface area contributed by atoms with E-state index in [0.717, 1.165) is 6.42 Å². The Kier molecular flexibility index (Phi) is 4.98. The van der Waals surface area contributed by atoms with Gasteiger partial charge >= 0.3 is 5.97 Å². The Morgan fingerprint density at radius 1 is 1.52 bits per heavy atom. The highest BCUT2D eigenvalue weighted by molar-refractivity contribution is 5.96. The highest BCUT2D eigenvalue weighted by atomic mass is 16.5. The van der Waals surface area contributed by atoms with E-state index in [1.54, 1.807) is 30.8 Å². The number of carbonyl (C=O) groups excluding carboxylic acids is 2. The first-order valence-electron chi connectivity index (χ1n) is 7.05. The average molecular weight is 295 g/mol. The summed E-state index contributed by atoms with van der Waals surface area (Å²) in [6, 6.07) is 1.59. The van der Waals surface area contributed by atoms with Gasteiger partial charge in [0.2, 0.25) is 0 Å². The Morgan fingerprint density at radius 3 is 2.90 bits per heavy atom. The number of ether oxygens (including phenoxy) is 2. The number of nitrogens with zero attached hydrogens (tertiary/aromatic N) is 1. The molecule has 0 saturated carbocycles. The zero-order valence-electron chi connectivity index (χ0n) is 12.3. The van der Waals surface area contributed by atoms with Crippen LogP contribution in [0.1, 0.15) is 30.3 Å². The Labute approximate surface area is 123 Å². The lowest BCUT2D eigenvalue weighted by Gasteiger charge is -2.11. The molecule has 3 N–H and O–H groups in total. The predicted molar refractivity (Wildman–Crippen MR) is 76.9 cm³/mol. The van der Waals surface area contributed by atoms with E-state index < -0.39 is 12.1 Å². The van der Waals surface area contributed by atoms with Gasteiger partial charge in [-0.05, 0) is 25.8 Å². The minimum Gasteiger partial charge on any atom is -0.461 e. The van der Waals surface area contributed by atoms with E-state index in [-0.39, 0.29) is 12.0 Å². The molecule has 1 aromatic heterocycles. The Balaban J connectivity index is 1.99. The van der Waals surface area contributed by atoms with Gasteiger partial charge in [-0.15, -0.1) is 0 Å². The Hall–Kier alpha value is -1.86. The van der Waals surface area contributed by atoms with Crippen LogP contribution in [0.4, 0.5) is 5.69 Å². The van der Waals surface area contributed by atoms with Gasteiger partial charge in [-0.2, -0.15) is 0 Å². The van der Waals surface area contributed by atoms with Gasteiger partial charge in [-0.25, -0.2) is 4.79 Å². The molecule has 0 bridgehead atoms. The van der Waals surface area contributed by atoms with Gasteiger partial charge in [0.1, 0.15) is 11.8 Å². The van der Waals surface area contributed by atoms with Gasteiger partial charge in [0.05, 0.1) is 18.4 Å². The van der Waals surface area contributed by atoms with Gasteiger partial charge in [-0.3, -0.25) is 4.79 Å². The number of aromatic nitrogens is 1. The smallest absolute Gasteiger partial charge is 0.355 e. The summed E-state index contributed by atoms with van der Waals surface area (Å²) < 4.78 is 12.1. The first-order valence-corrected chi connectivity index (χ1v) is 7.05. The predicted octanol–water partition coefficient (Wildman–Crippen LogP) is 0.647. The SMILES string of the molecule is CCOC(=O)c1cc(NC(=O)[C@@H]2CC[C@H](CN)O2)cn1C. The van der Waals surface area contributed by atoms with Crippen molar-refractivity contribution in [3.05, 3.63) is 18.0 Å². The van der Waals surface area contributed by atoms with Crippen molar-refractivity contribution < 1.29 is 19.1 Å². The Morgan fingerprint density at radius 2 is 2.29 bits per heavy atom. The quantitative estimate of drug-likeness (QED) is 0.777. The van der Waals surface area contributed by atoms with Crippen LogP contribution in [0.15, 0.2) is 12.3 Å². The molecule has 21 heavy (non-hydrogen) atoms. The molecule has 7 nitrogen and oxygen atoms in total. The van der Waals surface area contributed by atoms with Crippen LogP contribution in [0.5, 0.6) is 0 Å². The summed E-state index contributed by atoms with van der Waals surface area (Å²) in [5.74, 6) is -0.632. The van der Waals surface area contributed by atoms with E-state index in [1.807, 2.05) is 0 Å². The van der Waals surface area contributed by atoms with Crippen molar-refractivity contribution in [1.29, 1.82) is 0 Å². The van der Waals surface area contributed by atoms with Crippen LogP contribution in [0.2, 0.25) is 0 Å². The lowest BCUT2D eigenvalue weighted by molar-refractivity contribution is -0.126. The molecule has 1 amide bonds. The molecule has 116 valence electrons. The molecule has 0 spiro atoms. The number of amides is 1. The molecule has 0 unspecified atom stereocenters. The van der Waals surface area contributed by atoms with Crippen molar-refractivity contribution in [2.75, 3.05) is 18.5 Å². The maximum atomic E-state index is 12.1. The molecule has 7 heteroatoms. The molecular formula is C14H21N3O4. The third kappa shape index (κ3) is 3.62. The van der Waals surface area contributed by atoms with Crippen molar-refractivity contribution in [3.63, 3.8) is 0 Å². The summed E-state index contributed by atoms with van der Waals surface area (Å²) >= 11 is 0. The number of nitrogens with two attached hydrogens (primary N) is 1. The van der Waals surface area contributed by atoms with Crippen LogP contribution >= 0.6 is 0 Å². The minimum absolute atomic E-state index is 0.0494. The summed E-state index contributed by atoms with van der Waals surface area (Å²) in [7, 11) is 1.72. The summed E-state index contributed by atoms with van der Waals surface area (Å²) in [4.78, 5) is 23.8. The summed E-state index contributed by atoms with van der Waals surface area (Å²) in [6.07, 6.45) is 2.58. The van der Waals surface area contributed by atoms with Crippen molar-refractivity contribution in [3.8, 4) is 0 Å². The summed E-state index contributed by atoms with van der Waals surface area (Å²) in [5, 5.41) is 2.75. The first kappa shape index (κ1) is 15.5. The largest absolute Gasteiger partial charge is 0.461 e. The molecule has 0 radical (unpaired) electrons. The van der Waals surface area contributed by atoms with Crippen molar-refractivity contribution in [2.45, 2.75) is 32.0 Å². The molecule has 2 rings (SSSR count). The minimum atomic E-state index is -0.482. The second-order valence-corrected chi connectivity index (χ2v) is 4.99. The average Bonchev–Trinajstić information content (AvgIpc) is 3.05. The third-order valence-corrected chi connectivity index (χ3v) is 3.42. The second-order valence-electron chi connectivity index (χ2n) is 4.99. The number of hydrogen-bond acceptors (Lipinski definition) is 5. The number of rotatable bonds is 5. The fraction of sp³-hybridized carbons (Fsp3) is 0.571. The van der Waals surface area contributed by atoms with E-state index in [2.05, 4.69) is 5.32 Å². The lowest BCUT2D eigenvalue weighted by Crippen LogP contribution is -2.29. The van der Waals surface area contributed by atoms with E-state index in [1.165, 1.54) is 0 Å². The van der Waals surface area contributed by atoms with Crippen LogP contribution in [-0.4, -0.2) is 41.8 Å². The molecule has 0 aromatic carbocycles. The topological polar surface area (TPSA) is 95.6 Å². The van der Waals surface area contributed by atoms with Gasteiger partial charge in [0.15, 0.2) is 0 Å². The second kappa shape index (κ2) is 6.73. The third-order valence-electron chi connectivity index (χ3n) is 3.42. The van der Waals surface area contributed by atoms with Crippen LogP contribution in [0.3, 0.4) is 0 Å². The molecule has 1 aromatic rings. The number of esters is 1. The molecule has 1 fully saturated rings. The number of carbonyl (C=O) groups is 2. The number of hydrogen-bond donors (Lipinski definition) is 2. The Bertz CT molecular complexity index is 526. The molecule has 1 saturated heterocycles. The molecule has 1 aliphatic heterocycles. The molecule has 0 aliphatic carbocycles. The zero-order chi connectivity index (χ0) is 15.4. The van der Waals surface area contributed by atoms with Gasteiger partial charge in [0, 0.05) is 19.8 Å². The van der Waals surface area contributed by atoms with Crippen LogP contribution in [0, 0.1) is 0 Å². The monoisotopic (exact) mass is 295 g/mol. The van der Waals surface area contributed by atoms with Crippen molar-refractivity contribution in [1.82, 2.24) is 4.57 Å². The van der Waals surface area contributed by atoms with E-state index in [0.29, 0.717) is 31.0 Å². The van der Waals surface area contributed by atoms with Crippen molar-refractivity contribution in [2.24, 2.45) is 12.8 Å². The van der Waals surface area contributed by atoms with Crippen molar-refractivity contribution >= 4 is 17.6 Å². The maximum absolute atomic E-state index is 12.1. The number of anilines is 1. The molecule has 2 heterocycles. The first-order chi connectivity index (χ1) is 10.0. The highest BCUT2D eigenvalue weighted by Crippen LogP contribution is 2.21. The highest BCUT2D eigenvalue weighted by Gasteiger charge is 2.30. The van der Waals surface area contributed by atoms with Gasteiger partial charge < -0.3 is 25.1 Å². The molecule has 2 atom stereocenters. The van der Waals surface area contributed by atoms with E-state index >= 15 is 0 Å². The van der Waals surface area contributed by atoms with E-state index in [4.69, 9.17) is 15.2 Å². The normalized spacial score (nSPS) is 21.3. The van der Waals surface area contributed by atoms with Gasteiger partial charge in [0.25, 0.3) is 5.91 Å². The van der Waals surface area contributed by atoms with E-state index in [9.17, 15) is 9.59 Å². The van der Waals surface area contributed by atoms with Gasteiger partial charge in [-0.1, -0.05) is 0 Å². The fourth-order valence-corrected chi connectivity index (χ4v) is 2.34. The summed E-state index contributed by atoms with van der Waals surface area (Å²) in [6.45, 7) is 2.47. The lowest BCUT2D eigenvalue weighted by atomic mass is 10.2. The number of aryl methyl sites for hydroxylation is 1. The zero-order valence-corrected chi connectivity index (χ0v) is 12.3. The summed E-state index contributed by atoms with van der Waals surface area (Å²) in [5.41, 5.74) is 6.46. The van der Waals surface area contributed by atoms with Crippen LogP contribution < -0.4 is 11.1 Å². The fourth-order valence-electron chi connectivity index (χ4n) is 2.34.